The van der Waals surface area contributed by atoms with Crippen LogP contribution in [0.3, 0.4) is 0 Å². The summed E-state index contributed by atoms with van der Waals surface area (Å²) in [6.45, 7) is 0. The first-order valence-corrected chi connectivity index (χ1v) is 9.11. The smallest absolute Gasteiger partial charge is 0.202 e. The molecule has 0 amide bonds. The molecule has 0 spiro atoms. The van der Waals surface area contributed by atoms with Crippen molar-refractivity contribution in [1.82, 2.24) is 24.7 Å². The molecule has 4 rings (SSSR count). The highest BCUT2D eigenvalue weighted by atomic mass is 35.5. The minimum absolute atomic E-state index is 0.354. The summed E-state index contributed by atoms with van der Waals surface area (Å²) in [5.74, 6) is 0.679. The van der Waals surface area contributed by atoms with Crippen LogP contribution in [0, 0.1) is 11.3 Å². The molecular weight excluding hydrogens is 380 g/mol. The van der Waals surface area contributed by atoms with Gasteiger partial charge < -0.3 is 0 Å². The number of hydrogen-bond donors (Lipinski definition) is 0. The molecule has 4 aromatic rings. The lowest BCUT2D eigenvalue weighted by molar-refractivity contribution is 0.882. The molecule has 3 aromatic heterocycles. The van der Waals surface area contributed by atoms with Crippen LogP contribution in [-0.4, -0.2) is 24.7 Å². The second-order valence-electron chi connectivity index (χ2n) is 5.43. The van der Waals surface area contributed by atoms with Crippen molar-refractivity contribution in [3.63, 3.8) is 0 Å². The van der Waals surface area contributed by atoms with Crippen LogP contribution in [0.5, 0.6) is 0 Å². The zero-order valence-electron chi connectivity index (χ0n) is 13.8. The number of nitrogens with zero attached hydrogens (tertiary/aromatic N) is 6. The van der Waals surface area contributed by atoms with Crippen molar-refractivity contribution < 1.29 is 0 Å². The molecule has 3 heterocycles. The minimum atomic E-state index is 0.354. The predicted octanol–water partition coefficient (Wildman–Crippen LogP) is 4.40. The molecule has 0 unspecified atom stereocenters. The Labute approximate surface area is 164 Å². The fraction of sp³-hybridized carbons (Fsp3) is 0. The Bertz CT molecular complexity index is 1120. The molecular formula is C19H11ClN6S. The average molecular weight is 391 g/mol. The molecule has 0 saturated heterocycles. The Morgan fingerprint density at radius 1 is 0.963 bits per heavy atom. The highest BCUT2D eigenvalue weighted by Crippen LogP contribution is 2.31. The summed E-state index contributed by atoms with van der Waals surface area (Å²) in [6, 6.07) is 18.5. The van der Waals surface area contributed by atoms with E-state index < -0.39 is 0 Å². The summed E-state index contributed by atoms with van der Waals surface area (Å²) >= 11 is 7.38. The fourth-order valence-electron chi connectivity index (χ4n) is 2.47. The topological polar surface area (TPSA) is 80.3 Å². The lowest BCUT2D eigenvalue weighted by Crippen LogP contribution is -2.00. The molecule has 0 fully saturated rings. The molecule has 0 aliphatic rings. The van der Waals surface area contributed by atoms with E-state index in [1.165, 1.54) is 11.8 Å². The van der Waals surface area contributed by atoms with Crippen LogP contribution in [0.15, 0.2) is 77.2 Å². The van der Waals surface area contributed by atoms with Crippen molar-refractivity contribution in [2.75, 3.05) is 0 Å². The molecule has 8 heteroatoms. The van der Waals surface area contributed by atoms with E-state index >= 15 is 0 Å². The monoisotopic (exact) mass is 390 g/mol. The molecule has 0 radical (unpaired) electrons. The van der Waals surface area contributed by atoms with Crippen LogP contribution < -0.4 is 0 Å². The van der Waals surface area contributed by atoms with Gasteiger partial charge in [0.15, 0.2) is 5.82 Å². The zero-order valence-corrected chi connectivity index (χ0v) is 15.4. The molecule has 0 N–H and O–H groups in total. The Hall–Kier alpha value is -3.21. The zero-order chi connectivity index (χ0) is 18.6. The first kappa shape index (κ1) is 17.2. The van der Waals surface area contributed by atoms with Gasteiger partial charge in [0.1, 0.15) is 16.8 Å². The summed E-state index contributed by atoms with van der Waals surface area (Å²) in [4.78, 5) is 8.36. The minimum Gasteiger partial charge on any atom is -0.270 e. The van der Waals surface area contributed by atoms with E-state index in [0.29, 0.717) is 26.7 Å². The maximum absolute atomic E-state index is 9.07. The van der Waals surface area contributed by atoms with E-state index in [0.717, 1.165) is 11.3 Å². The van der Waals surface area contributed by atoms with Gasteiger partial charge in [0, 0.05) is 28.7 Å². The molecule has 27 heavy (non-hydrogen) atoms. The Balaban J connectivity index is 1.83. The molecule has 0 bridgehead atoms. The Morgan fingerprint density at radius 2 is 1.74 bits per heavy atom. The quantitative estimate of drug-likeness (QED) is 0.513. The van der Waals surface area contributed by atoms with Gasteiger partial charge in [0.25, 0.3) is 0 Å². The molecule has 0 saturated carbocycles. The van der Waals surface area contributed by atoms with Gasteiger partial charge in [-0.2, -0.15) is 5.26 Å². The molecule has 6 nitrogen and oxygen atoms in total. The van der Waals surface area contributed by atoms with E-state index in [2.05, 4.69) is 20.2 Å². The second kappa shape index (κ2) is 7.58. The standard InChI is InChI=1S/C19H11ClN6S/c20-14-4-6-16(7-5-14)26-18(13-8-10-22-11-9-13)24-25-19(26)27-17-3-1-2-15(12-21)23-17/h1-11H. The fourth-order valence-corrected chi connectivity index (χ4v) is 3.44. The third-order valence-corrected chi connectivity index (χ3v) is 4.83. The van der Waals surface area contributed by atoms with Gasteiger partial charge in [-0.15, -0.1) is 10.2 Å². The number of pyridine rings is 2. The third-order valence-electron chi connectivity index (χ3n) is 3.69. The molecule has 0 atom stereocenters. The van der Waals surface area contributed by atoms with Gasteiger partial charge in [-0.25, -0.2) is 4.98 Å². The number of hydrogen-bond acceptors (Lipinski definition) is 6. The average Bonchev–Trinajstić information content (AvgIpc) is 3.13. The summed E-state index contributed by atoms with van der Waals surface area (Å²) in [5, 5.41) is 19.7. The number of halogens is 1. The SMILES string of the molecule is N#Cc1cccc(Sc2nnc(-c3ccncc3)n2-c2ccc(Cl)cc2)n1. The Kier molecular flexibility index (Phi) is 4.83. The Morgan fingerprint density at radius 3 is 2.48 bits per heavy atom. The summed E-state index contributed by atoms with van der Waals surface area (Å²) in [6.07, 6.45) is 3.42. The molecule has 0 aliphatic carbocycles. The first-order valence-electron chi connectivity index (χ1n) is 7.91. The molecule has 130 valence electrons. The van der Waals surface area contributed by atoms with Gasteiger partial charge in [0.2, 0.25) is 5.16 Å². The third kappa shape index (κ3) is 3.67. The number of benzene rings is 1. The summed E-state index contributed by atoms with van der Waals surface area (Å²) in [7, 11) is 0. The van der Waals surface area contributed by atoms with Crippen molar-refractivity contribution >= 4 is 23.4 Å². The summed E-state index contributed by atoms with van der Waals surface area (Å²) < 4.78 is 1.93. The van der Waals surface area contributed by atoms with Gasteiger partial charge >= 0.3 is 0 Å². The van der Waals surface area contributed by atoms with Crippen LogP contribution in [0.2, 0.25) is 5.02 Å². The maximum Gasteiger partial charge on any atom is 0.202 e. The van der Waals surface area contributed by atoms with Gasteiger partial charge in [-0.3, -0.25) is 9.55 Å². The van der Waals surface area contributed by atoms with Gasteiger partial charge in [0.05, 0.1) is 0 Å². The summed E-state index contributed by atoms with van der Waals surface area (Å²) in [5.41, 5.74) is 2.11. The van der Waals surface area contributed by atoms with Crippen LogP contribution in [-0.2, 0) is 0 Å². The largest absolute Gasteiger partial charge is 0.270 e. The van der Waals surface area contributed by atoms with Crippen molar-refractivity contribution in [3.8, 4) is 23.1 Å². The highest BCUT2D eigenvalue weighted by Gasteiger charge is 2.17. The van der Waals surface area contributed by atoms with E-state index in [1.807, 2.05) is 53.1 Å². The van der Waals surface area contributed by atoms with E-state index in [-0.39, 0.29) is 0 Å². The van der Waals surface area contributed by atoms with Crippen LogP contribution in [0.4, 0.5) is 0 Å². The first-order chi connectivity index (χ1) is 13.2. The number of nitriles is 1. The predicted molar refractivity (Wildman–Crippen MR) is 103 cm³/mol. The van der Waals surface area contributed by atoms with Crippen LogP contribution >= 0.6 is 23.4 Å². The molecule has 0 aliphatic heterocycles. The van der Waals surface area contributed by atoms with Crippen molar-refractivity contribution in [3.05, 3.63) is 77.7 Å². The van der Waals surface area contributed by atoms with E-state index in [9.17, 15) is 0 Å². The van der Waals surface area contributed by atoms with Crippen molar-refractivity contribution in [2.24, 2.45) is 0 Å². The van der Waals surface area contributed by atoms with Gasteiger partial charge in [-0.1, -0.05) is 17.7 Å². The van der Waals surface area contributed by atoms with Crippen LogP contribution in [0.25, 0.3) is 17.1 Å². The number of rotatable bonds is 4. The highest BCUT2D eigenvalue weighted by molar-refractivity contribution is 7.99. The lowest BCUT2D eigenvalue weighted by atomic mass is 10.2. The van der Waals surface area contributed by atoms with Crippen molar-refractivity contribution in [1.29, 1.82) is 5.26 Å². The van der Waals surface area contributed by atoms with Gasteiger partial charge in [-0.05, 0) is 60.3 Å². The number of aromatic nitrogens is 5. The van der Waals surface area contributed by atoms with Crippen LogP contribution in [0.1, 0.15) is 5.69 Å². The normalized spacial score (nSPS) is 10.5. The van der Waals surface area contributed by atoms with E-state index in [1.54, 1.807) is 24.5 Å². The van der Waals surface area contributed by atoms with Crippen molar-refractivity contribution in [2.45, 2.75) is 10.2 Å². The maximum atomic E-state index is 9.07. The van der Waals surface area contributed by atoms with E-state index in [4.69, 9.17) is 16.9 Å². The second-order valence-corrected chi connectivity index (χ2v) is 6.85. The molecule has 1 aromatic carbocycles. The lowest BCUT2D eigenvalue weighted by Gasteiger charge is -2.10.